The molecule has 0 spiro atoms. The van der Waals surface area contributed by atoms with Crippen LogP contribution in [-0.2, 0) is 6.42 Å². The average Bonchev–Trinajstić information content (AvgIpc) is 2.70. The molecule has 0 atom stereocenters. The monoisotopic (exact) mass is 373 g/mol. The highest BCUT2D eigenvalue weighted by atomic mass is 16.6. The molecule has 1 amide bonds. The van der Waals surface area contributed by atoms with E-state index in [1.807, 2.05) is 30.3 Å². The first-order chi connectivity index (χ1) is 13.0. The van der Waals surface area contributed by atoms with Crippen LogP contribution in [0.5, 0.6) is 11.5 Å². The van der Waals surface area contributed by atoms with Gasteiger partial charge in [-0.1, -0.05) is 30.3 Å². The van der Waals surface area contributed by atoms with Crippen LogP contribution in [0.25, 0.3) is 0 Å². The number of nitro groups is 1. The van der Waals surface area contributed by atoms with Crippen molar-refractivity contribution in [3.05, 3.63) is 63.7 Å². The van der Waals surface area contributed by atoms with Crippen molar-refractivity contribution < 1.29 is 19.2 Å². The van der Waals surface area contributed by atoms with Crippen LogP contribution in [0.1, 0.15) is 15.9 Å². The second-order valence-electron chi connectivity index (χ2n) is 5.80. The fraction of sp³-hybridized carbons (Fsp3) is 0.316. The quantitative estimate of drug-likeness (QED) is 0.533. The third-order valence-electron chi connectivity index (χ3n) is 4.10. The fourth-order valence-corrected chi connectivity index (χ4v) is 2.77. The molecule has 8 heteroatoms. The summed E-state index contributed by atoms with van der Waals surface area (Å²) in [4.78, 5) is 25.3. The molecule has 2 aromatic carbocycles. The summed E-state index contributed by atoms with van der Waals surface area (Å²) in [5.74, 6) is -0.236. The molecule has 0 saturated heterocycles. The Labute approximate surface area is 157 Å². The van der Waals surface area contributed by atoms with Crippen molar-refractivity contribution >= 4 is 11.6 Å². The summed E-state index contributed by atoms with van der Waals surface area (Å²) >= 11 is 0. The molecule has 0 aliphatic heterocycles. The van der Waals surface area contributed by atoms with Crippen LogP contribution in [-0.4, -0.2) is 49.6 Å². The minimum absolute atomic E-state index is 0.0197. The van der Waals surface area contributed by atoms with Crippen LogP contribution in [0, 0.1) is 10.1 Å². The van der Waals surface area contributed by atoms with Gasteiger partial charge in [-0.2, -0.15) is 0 Å². The number of nitrogens with two attached hydrogens (primary N) is 1. The molecule has 144 valence electrons. The highest BCUT2D eigenvalue weighted by molar-refractivity contribution is 5.96. The average molecular weight is 373 g/mol. The van der Waals surface area contributed by atoms with E-state index in [4.69, 9.17) is 15.2 Å². The number of amides is 1. The van der Waals surface area contributed by atoms with Gasteiger partial charge in [0.25, 0.3) is 5.91 Å². The van der Waals surface area contributed by atoms with Gasteiger partial charge in [0.15, 0.2) is 5.75 Å². The molecular weight excluding hydrogens is 350 g/mol. The number of rotatable bonds is 9. The lowest BCUT2D eigenvalue weighted by atomic mass is 10.1. The van der Waals surface area contributed by atoms with Crippen LogP contribution in [0.15, 0.2) is 42.5 Å². The second-order valence-corrected chi connectivity index (χ2v) is 5.80. The molecule has 0 aromatic heterocycles. The van der Waals surface area contributed by atoms with E-state index in [9.17, 15) is 14.9 Å². The lowest BCUT2D eigenvalue weighted by Gasteiger charge is -2.22. The van der Waals surface area contributed by atoms with Gasteiger partial charge in [0.05, 0.1) is 24.7 Å². The summed E-state index contributed by atoms with van der Waals surface area (Å²) in [5.41, 5.74) is 6.57. The van der Waals surface area contributed by atoms with Crippen molar-refractivity contribution in [1.82, 2.24) is 4.90 Å². The SMILES string of the molecule is COc1cc(C(=O)N(CCN)CCc2ccccc2)cc([N+](=O)[O-])c1OC. The number of hydrogen-bond acceptors (Lipinski definition) is 6. The van der Waals surface area contributed by atoms with Gasteiger partial charge in [0.1, 0.15) is 0 Å². The second kappa shape index (κ2) is 9.54. The Morgan fingerprint density at radius 3 is 2.41 bits per heavy atom. The zero-order valence-corrected chi connectivity index (χ0v) is 15.4. The van der Waals surface area contributed by atoms with Gasteiger partial charge < -0.3 is 20.1 Å². The molecule has 0 fully saturated rings. The first kappa shape index (κ1) is 20.2. The molecule has 27 heavy (non-hydrogen) atoms. The molecule has 0 bridgehead atoms. The molecule has 0 radical (unpaired) electrons. The summed E-state index contributed by atoms with van der Waals surface area (Å²) in [5, 5.41) is 11.4. The highest BCUT2D eigenvalue weighted by Gasteiger charge is 2.25. The molecule has 0 saturated carbocycles. The molecular formula is C19H23N3O5. The highest BCUT2D eigenvalue weighted by Crippen LogP contribution is 2.38. The van der Waals surface area contributed by atoms with Crippen molar-refractivity contribution in [2.45, 2.75) is 6.42 Å². The third-order valence-corrected chi connectivity index (χ3v) is 4.10. The van der Waals surface area contributed by atoms with Crippen molar-refractivity contribution in [3.63, 3.8) is 0 Å². The fourth-order valence-electron chi connectivity index (χ4n) is 2.77. The predicted octanol–water partition coefficient (Wildman–Crippen LogP) is 2.26. The van der Waals surface area contributed by atoms with Gasteiger partial charge in [-0.15, -0.1) is 0 Å². The molecule has 0 heterocycles. The number of methoxy groups -OCH3 is 2. The number of carbonyl (C=O) groups is 1. The van der Waals surface area contributed by atoms with Crippen LogP contribution in [0.2, 0.25) is 0 Å². The van der Waals surface area contributed by atoms with Crippen molar-refractivity contribution in [1.29, 1.82) is 0 Å². The summed E-state index contributed by atoms with van der Waals surface area (Å²) in [7, 11) is 2.68. The van der Waals surface area contributed by atoms with E-state index in [1.165, 1.54) is 26.4 Å². The van der Waals surface area contributed by atoms with Gasteiger partial charge >= 0.3 is 5.69 Å². The normalized spacial score (nSPS) is 10.3. The first-order valence-electron chi connectivity index (χ1n) is 8.45. The Balaban J connectivity index is 2.31. The third kappa shape index (κ3) is 4.95. The summed E-state index contributed by atoms with van der Waals surface area (Å²) in [6.45, 7) is 1.08. The zero-order valence-electron chi connectivity index (χ0n) is 15.4. The molecule has 0 unspecified atom stereocenters. The maximum Gasteiger partial charge on any atom is 0.315 e. The largest absolute Gasteiger partial charge is 0.493 e. The van der Waals surface area contributed by atoms with Gasteiger partial charge in [-0.3, -0.25) is 14.9 Å². The Hall–Kier alpha value is -3.13. The van der Waals surface area contributed by atoms with E-state index < -0.39 is 4.92 Å². The minimum Gasteiger partial charge on any atom is -0.493 e. The number of nitro benzene ring substituents is 1. The number of ether oxygens (including phenoxy) is 2. The van der Waals surface area contributed by atoms with Crippen molar-refractivity contribution in [3.8, 4) is 11.5 Å². The molecule has 8 nitrogen and oxygen atoms in total. The minimum atomic E-state index is -0.602. The van der Waals surface area contributed by atoms with Gasteiger partial charge in [-0.05, 0) is 18.1 Å². The standard InChI is InChI=1S/C19H23N3O5/c1-26-17-13-15(12-16(22(24)25)18(17)27-2)19(23)21(11-9-20)10-8-14-6-4-3-5-7-14/h3-7,12-13H,8-11,20H2,1-2H3. The van der Waals surface area contributed by atoms with E-state index >= 15 is 0 Å². The van der Waals surface area contributed by atoms with Gasteiger partial charge in [0, 0.05) is 25.7 Å². The van der Waals surface area contributed by atoms with Crippen molar-refractivity contribution in [2.24, 2.45) is 5.73 Å². The molecule has 2 rings (SSSR count). The van der Waals surface area contributed by atoms with E-state index in [0.29, 0.717) is 19.5 Å². The molecule has 2 aromatic rings. The molecule has 0 aliphatic carbocycles. The van der Waals surface area contributed by atoms with Crippen LogP contribution < -0.4 is 15.2 Å². The molecule has 2 N–H and O–H groups in total. The van der Waals surface area contributed by atoms with Crippen LogP contribution in [0.3, 0.4) is 0 Å². The predicted molar refractivity (Wildman–Crippen MR) is 101 cm³/mol. The molecule has 0 aliphatic rings. The van der Waals surface area contributed by atoms with E-state index in [0.717, 1.165) is 5.56 Å². The Bertz CT molecular complexity index is 795. The van der Waals surface area contributed by atoms with Gasteiger partial charge in [-0.25, -0.2) is 0 Å². The van der Waals surface area contributed by atoms with E-state index in [-0.39, 0.29) is 35.2 Å². The van der Waals surface area contributed by atoms with Crippen molar-refractivity contribution in [2.75, 3.05) is 33.9 Å². The Kier molecular flexibility index (Phi) is 7.13. The number of nitrogens with zero attached hydrogens (tertiary/aromatic N) is 2. The Morgan fingerprint density at radius 2 is 1.85 bits per heavy atom. The van der Waals surface area contributed by atoms with E-state index in [2.05, 4.69) is 0 Å². The van der Waals surface area contributed by atoms with E-state index in [1.54, 1.807) is 4.90 Å². The van der Waals surface area contributed by atoms with Crippen LogP contribution in [0.4, 0.5) is 5.69 Å². The summed E-state index contributed by atoms with van der Waals surface area (Å²) < 4.78 is 10.2. The summed E-state index contributed by atoms with van der Waals surface area (Å²) in [6.07, 6.45) is 0.655. The number of benzene rings is 2. The lowest BCUT2D eigenvalue weighted by molar-refractivity contribution is -0.385. The first-order valence-corrected chi connectivity index (χ1v) is 8.45. The zero-order chi connectivity index (χ0) is 19.8. The Morgan fingerprint density at radius 1 is 1.15 bits per heavy atom. The number of carbonyl (C=O) groups excluding carboxylic acids is 1. The smallest absolute Gasteiger partial charge is 0.315 e. The summed E-state index contributed by atoms with van der Waals surface area (Å²) in [6, 6.07) is 12.4. The maximum absolute atomic E-state index is 13.0. The van der Waals surface area contributed by atoms with Crippen LogP contribution >= 0.6 is 0 Å². The van der Waals surface area contributed by atoms with Gasteiger partial charge in [0.2, 0.25) is 5.75 Å². The topological polar surface area (TPSA) is 108 Å². The lowest BCUT2D eigenvalue weighted by Crippen LogP contribution is -2.37. The number of hydrogen-bond donors (Lipinski definition) is 1. The maximum atomic E-state index is 13.0.